The molecule has 2 unspecified atom stereocenters. The second kappa shape index (κ2) is 16.4. The quantitative estimate of drug-likeness (QED) is 0.108. The second-order valence-corrected chi connectivity index (χ2v) is 13.2. The smallest absolute Gasteiger partial charge is 0.408 e. The minimum atomic E-state index is -1.41. The lowest BCUT2D eigenvalue weighted by atomic mass is 9.75. The van der Waals surface area contributed by atoms with E-state index in [1.54, 1.807) is 62.8 Å². The van der Waals surface area contributed by atoms with E-state index in [2.05, 4.69) is 0 Å². The Bertz CT molecular complexity index is 1340. The number of nitrogens with zero attached hydrogens (tertiary/aromatic N) is 2. The molecule has 0 saturated heterocycles. The number of hydrogen-bond donors (Lipinski definition) is 3. The van der Waals surface area contributed by atoms with Crippen LogP contribution in [0.15, 0.2) is 83.8 Å². The van der Waals surface area contributed by atoms with E-state index < -0.39 is 29.2 Å². The van der Waals surface area contributed by atoms with Crippen molar-refractivity contribution in [3.05, 3.63) is 90.0 Å². The number of amides is 2. The maximum Gasteiger partial charge on any atom is 0.408 e. The molecule has 0 saturated carbocycles. The topological polar surface area (TPSA) is 120 Å². The standard InChI is InChI=1S/C35H46N2O7S/c1-24(2)20-35(21-25(3)4,37(34(41)42)23-27-14-18-29(44-6)19-15-27)31(38)32(45-30-10-8-7-9-11-30)36(33(39)40)22-26-12-16-28(43-5)17-13-26/h7-19,24-25,31-32,38H,20-23H2,1-6H3,(H,39,40)(H,41,42). The highest BCUT2D eigenvalue weighted by atomic mass is 32.2. The van der Waals surface area contributed by atoms with E-state index in [4.69, 9.17) is 9.47 Å². The highest BCUT2D eigenvalue weighted by molar-refractivity contribution is 8.00. The number of thioether (sulfide) groups is 1. The molecule has 0 heterocycles. The Morgan fingerprint density at radius 2 is 1.20 bits per heavy atom. The van der Waals surface area contributed by atoms with Gasteiger partial charge in [-0.3, -0.25) is 9.80 Å². The Balaban J connectivity index is 2.20. The molecule has 0 aromatic heterocycles. The first-order chi connectivity index (χ1) is 21.4. The van der Waals surface area contributed by atoms with E-state index in [-0.39, 0.29) is 24.9 Å². The fraction of sp³-hybridized carbons (Fsp3) is 0.429. The van der Waals surface area contributed by atoms with Crippen molar-refractivity contribution in [2.45, 2.75) is 75.5 Å². The molecule has 3 rings (SSSR count). The third-order valence-electron chi connectivity index (χ3n) is 7.68. The van der Waals surface area contributed by atoms with Gasteiger partial charge in [0, 0.05) is 11.4 Å². The largest absolute Gasteiger partial charge is 0.497 e. The highest BCUT2D eigenvalue weighted by Gasteiger charge is 2.51. The van der Waals surface area contributed by atoms with Gasteiger partial charge in [0.25, 0.3) is 0 Å². The fourth-order valence-electron chi connectivity index (χ4n) is 5.84. The first kappa shape index (κ1) is 35.6. The predicted molar refractivity (Wildman–Crippen MR) is 177 cm³/mol. The summed E-state index contributed by atoms with van der Waals surface area (Å²) in [6.45, 7) is 7.93. The van der Waals surface area contributed by atoms with Gasteiger partial charge < -0.3 is 24.8 Å². The zero-order valence-electron chi connectivity index (χ0n) is 26.9. The molecule has 0 aliphatic carbocycles. The molecule has 0 bridgehead atoms. The molecule has 244 valence electrons. The van der Waals surface area contributed by atoms with Crippen molar-refractivity contribution in [2.75, 3.05) is 14.2 Å². The van der Waals surface area contributed by atoms with E-state index in [9.17, 15) is 24.9 Å². The summed E-state index contributed by atoms with van der Waals surface area (Å²) in [6, 6.07) is 23.5. The minimum Gasteiger partial charge on any atom is -0.497 e. The summed E-state index contributed by atoms with van der Waals surface area (Å²) in [5, 5.41) is 33.0. The molecule has 3 aromatic rings. The molecule has 45 heavy (non-hydrogen) atoms. The van der Waals surface area contributed by atoms with Gasteiger partial charge >= 0.3 is 12.2 Å². The number of ether oxygens (including phenoxy) is 2. The average molecular weight is 639 g/mol. The SMILES string of the molecule is COc1ccc(CN(C(=O)O)C(Sc2ccccc2)C(O)C(CC(C)C)(CC(C)C)N(Cc2ccc(OC)cc2)C(=O)O)cc1. The molecule has 3 N–H and O–H groups in total. The van der Waals surface area contributed by atoms with E-state index in [1.807, 2.05) is 58.0 Å². The lowest BCUT2D eigenvalue weighted by molar-refractivity contribution is -0.0680. The predicted octanol–water partition coefficient (Wildman–Crippen LogP) is 7.67. The molecule has 0 radical (unpaired) electrons. The van der Waals surface area contributed by atoms with Crippen LogP contribution in [0.3, 0.4) is 0 Å². The van der Waals surface area contributed by atoms with Crippen LogP contribution in [-0.2, 0) is 13.1 Å². The number of hydrogen-bond acceptors (Lipinski definition) is 6. The second-order valence-electron chi connectivity index (χ2n) is 12.0. The van der Waals surface area contributed by atoms with Crippen LogP contribution in [0.25, 0.3) is 0 Å². The Labute approximate surface area is 270 Å². The van der Waals surface area contributed by atoms with Crippen LogP contribution >= 0.6 is 11.8 Å². The van der Waals surface area contributed by atoms with Crippen molar-refractivity contribution in [1.29, 1.82) is 0 Å². The fourth-order valence-corrected chi connectivity index (χ4v) is 7.11. The Kier molecular flexibility index (Phi) is 13.0. The normalized spacial score (nSPS) is 12.9. The number of carbonyl (C=O) groups is 2. The molecule has 3 aromatic carbocycles. The number of aliphatic hydroxyl groups excluding tert-OH is 1. The zero-order valence-corrected chi connectivity index (χ0v) is 27.7. The van der Waals surface area contributed by atoms with E-state index in [0.29, 0.717) is 29.9 Å². The van der Waals surface area contributed by atoms with Crippen LogP contribution in [-0.4, -0.2) is 68.5 Å². The molecule has 2 amide bonds. The van der Waals surface area contributed by atoms with Gasteiger partial charge in [-0.05, 0) is 72.2 Å². The van der Waals surface area contributed by atoms with Gasteiger partial charge in [-0.1, -0.05) is 81.9 Å². The lowest BCUT2D eigenvalue weighted by Gasteiger charge is -2.51. The van der Waals surface area contributed by atoms with Crippen LogP contribution in [0.2, 0.25) is 0 Å². The maximum atomic E-state index is 13.2. The molecule has 0 aliphatic heterocycles. The van der Waals surface area contributed by atoms with Gasteiger partial charge in [-0.2, -0.15) is 0 Å². The first-order valence-electron chi connectivity index (χ1n) is 15.1. The van der Waals surface area contributed by atoms with Gasteiger partial charge in [-0.25, -0.2) is 9.59 Å². The highest BCUT2D eigenvalue weighted by Crippen LogP contribution is 2.42. The van der Waals surface area contributed by atoms with Crippen molar-refractivity contribution >= 4 is 23.9 Å². The summed E-state index contributed by atoms with van der Waals surface area (Å²) in [5.74, 6) is 1.25. The Morgan fingerprint density at radius 3 is 1.60 bits per heavy atom. The van der Waals surface area contributed by atoms with Crippen LogP contribution in [0.4, 0.5) is 9.59 Å². The lowest BCUT2D eigenvalue weighted by Crippen LogP contribution is -2.64. The van der Waals surface area contributed by atoms with E-state index >= 15 is 0 Å². The minimum absolute atomic E-state index is 0.00407. The van der Waals surface area contributed by atoms with Crippen molar-refractivity contribution in [2.24, 2.45) is 11.8 Å². The first-order valence-corrected chi connectivity index (χ1v) is 15.9. The summed E-state index contributed by atoms with van der Waals surface area (Å²) in [6.07, 6.45) is -3.19. The van der Waals surface area contributed by atoms with E-state index in [1.165, 1.54) is 21.6 Å². The van der Waals surface area contributed by atoms with Crippen LogP contribution in [0.5, 0.6) is 11.5 Å². The third-order valence-corrected chi connectivity index (χ3v) is 8.98. The Morgan fingerprint density at radius 1 is 0.733 bits per heavy atom. The number of rotatable bonds is 16. The van der Waals surface area contributed by atoms with Crippen molar-refractivity contribution in [3.63, 3.8) is 0 Å². The molecule has 2 atom stereocenters. The third kappa shape index (κ3) is 9.55. The van der Waals surface area contributed by atoms with Gasteiger partial charge in [0.1, 0.15) is 23.0 Å². The molecule has 0 spiro atoms. The van der Waals surface area contributed by atoms with Gasteiger partial charge in [0.15, 0.2) is 0 Å². The molecule has 0 fully saturated rings. The van der Waals surface area contributed by atoms with Crippen molar-refractivity contribution in [1.82, 2.24) is 9.80 Å². The number of benzene rings is 3. The summed E-state index contributed by atoms with van der Waals surface area (Å²) in [7, 11) is 3.13. The number of carboxylic acid groups (broad SMARTS) is 2. The Hall–Kier alpha value is -3.89. The van der Waals surface area contributed by atoms with Crippen LogP contribution in [0, 0.1) is 11.8 Å². The molecule has 10 heteroatoms. The van der Waals surface area contributed by atoms with Gasteiger partial charge in [-0.15, -0.1) is 0 Å². The van der Waals surface area contributed by atoms with E-state index in [0.717, 1.165) is 10.5 Å². The molecule has 9 nitrogen and oxygen atoms in total. The molecular formula is C35H46N2O7S. The summed E-state index contributed by atoms with van der Waals surface area (Å²) < 4.78 is 10.6. The van der Waals surface area contributed by atoms with Crippen molar-refractivity contribution in [3.8, 4) is 11.5 Å². The monoisotopic (exact) mass is 638 g/mol. The molecular weight excluding hydrogens is 592 g/mol. The van der Waals surface area contributed by atoms with Gasteiger partial charge in [0.2, 0.25) is 0 Å². The summed E-state index contributed by atoms with van der Waals surface area (Å²) in [5.41, 5.74) is 0.0901. The average Bonchev–Trinajstić information content (AvgIpc) is 3.01. The van der Waals surface area contributed by atoms with Crippen LogP contribution < -0.4 is 9.47 Å². The number of methoxy groups -OCH3 is 2. The van der Waals surface area contributed by atoms with Gasteiger partial charge in [0.05, 0.1) is 26.3 Å². The summed E-state index contributed by atoms with van der Waals surface area (Å²) >= 11 is 1.22. The van der Waals surface area contributed by atoms with Crippen molar-refractivity contribution < 1.29 is 34.4 Å². The molecule has 0 aliphatic rings. The maximum absolute atomic E-state index is 13.2. The summed E-state index contributed by atoms with van der Waals surface area (Å²) in [4.78, 5) is 29.5. The zero-order chi connectivity index (χ0) is 33.1. The number of aliphatic hydroxyl groups is 1. The van der Waals surface area contributed by atoms with Crippen LogP contribution in [0.1, 0.15) is 51.7 Å².